The number of piperidine rings is 1. The van der Waals surface area contributed by atoms with Crippen molar-refractivity contribution in [3.05, 3.63) is 53.8 Å². The summed E-state index contributed by atoms with van der Waals surface area (Å²) in [4.78, 5) is 24.3. The van der Waals surface area contributed by atoms with E-state index >= 15 is 0 Å². The number of aromatic nitrogens is 2. The molecule has 2 aromatic heterocycles. The molecule has 0 spiro atoms. The lowest BCUT2D eigenvalue weighted by Crippen LogP contribution is -2.55. The van der Waals surface area contributed by atoms with Crippen LogP contribution in [0.1, 0.15) is 25.0 Å². The Kier molecular flexibility index (Phi) is 6.17. The van der Waals surface area contributed by atoms with Gasteiger partial charge < -0.3 is 9.64 Å². The summed E-state index contributed by atoms with van der Waals surface area (Å²) in [5, 5.41) is 0. The fourth-order valence-corrected chi connectivity index (χ4v) is 7.76. The van der Waals surface area contributed by atoms with E-state index in [1.54, 1.807) is 41.9 Å². The molecule has 3 aromatic rings. The normalized spacial score (nSPS) is 24.2. The Balaban J connectivity index is 1.55. The van der Waals surface area contributed by atoms with Gasteiger partial charge in [-0.2, -0.15) is 4.31 Å². The van der Waals surface area contributed by atoms with Crippen LogP contribution in [0.25, 0.3) is 10.2 Å². The Labute approximate surface area is 197 Å². The molecule has 0 radical (unpaired) electrons. The van der Waals surface area contributed by atoms with Crippen molar-refractivity contribution in [1.29, 1.82) is 0 Å². The van der Waals surface area contributed by atoms with Crippen LogP contribution in [0.2, 0.25) is 0 Å². The minimum absolute atomic E-state index is 0.130. The summed E-state index contributed by atoms with van der Waals surface area (Å²) in [7, 11) is -2.28. The summed E-state index contributed by atoms with van der Waals surface area (Å²) < 4.78 is 35.7. The van der Waals surface area contributed by atoms with Crippen molar-refractivity contribution in [2.45, 2.75) is 42.8 Å². The molecule has 0 N–H and O–H groups in total. The molecule has 3 atom stereocenters. The van der Waals surface area contributed by atoms with Crippen molar-refractivity contribution in [2.75, 3.05) is 20.3 Å². The molecule has 2 saturated heterocycles. The van der Waals surface area contributed by atoms with Gasteiger partial charge in [0.25, 0.3) is 0 Å². The third-order valence-electron chi connectivity index (χ3n) is 6.55. The van der Waals surface area contributed by atoms with Gasteiger partial charge in [0.1, 0.15) is 6.04 Å². The summed E-state index contributed by atoms with van der Waals surface area (Å²) in [6, 6.07) is 9.58. The van der Waals surface area contributed by atoms with E-state index < -0.39 is 16.1 Å². The zero-order chi connectivity index (χ0) is 23.0. The predicted octanol–water partition coefficient (Wildman–Crippen LogP) is 2.91. The number of pyridine rings is 1. The quantitative estimate of drug-likeness (QED) is 0.532. The van der Waals surface area contributed by atoms with E-state index in [9.17, 15) is 13.2 Å². The number of ether oxygens (including phenoxy) is 1. The number of hydrogen-bond acceptors (Lipinski definition) is 7. The molecule has 2 bridgehead atoms. The first-order valence-corrected chi connectivity index (χ1v) is 13.4. The molecule has 8 nitrogen and oxygen atoms in total. The second-order valence-corrected chi connectivity index (χ2v) is 11.3. The number of carbonyl (C=O) groups is 1. The van der Waals surface area contributed by atoms with Crippen molar-refractivity contribution in [1.82, 2.24) is 19.2 Å². The Morgan fingerprint density at radius 1 is 1.18 bits per heavy atom. The van der Waals surface area contributed by atoms with Gasteiger partial charge in [-0.3, -0.25) is 9.78 Å². The van der Waals surface area contributed by atoms with E-state index in [0.717, 1.165) is 22.3 Å². The molecule has 2 aliphatic heterocycles. The monoisotopic (exact) mass is 486 g/mol. The maximum atomic E-state index is 14.0. The van der Waals surface area contributed by atoms with Crippen LogP contribution in [-0.2, 0) is 26.1 Å². The van der Waals surface area contributed by atoms with Crippen molar-refractivity contribution in [2.24, 2.45) is 5.92 Å². The fraction of sp³-hybridized carbons (Fsp3) is 0.435. The maximum Gasteiger partial charge on any atom is 0.244 e. The van der Waals surface area contributed by atoms with Crippen molar-refractivity contribution < 1.29 is 17.9 Å². The summed E-state index contributed by atoms with van der Waals surface area (Å²) in [6.07, 6.45) is 3.72. The summed E-state index contributed by atoms with van der Waals surface area (Å²) in [6.45, 7) is 1.16. The van der Waals surface area contributed by atoms with Crippen LogP contribution in [0.3, 0.4) is 0 Å². The zero-order valence-corrected chi connectivity index (χ0v) is 20.0. The number of methoxy groups -OCH3 is 1. The molecule has 0 saturated carbocycles. The lowest BCUT2D eigenvalue weighted by Gasteiger charge is -2.40. The molecule has 5 rings (SSSR count). The summed E-state index contributed by atoms with van der Waals surface area (Å²) >= 11 is 1.40. The number of amides is 1. The number of thiazole rings is 1. The van der Waals surface area contributed by atoms with Crippen LogP contribution < -0.4 is 0 Å². The molecule has 0 aliphatic carbocycles. The number of nitrogens with zero attached hydrogens (tertiary/aromatic N) is 4. The highest BCUT2D eigenvalue weighted by Crippen LogP contribution is 2.38. The van der Waals surface area contributed by atoms with Gasteiger partial charge in [0.05, 0.1) is 39.5 Å². The molecule has 4 heterocycles. The van der Waals surface area contributed by atoms with Gasteiger partial charge in [0.15, 0.2) is 0 Å². The third-order valence-corrected chi connectivity index (χ3v) is 9.27. The summed E-state index contributed by atoms with van der Waals surface area (Å²) in [5.74, 6) is -0.290. The molecule has 1 amide bonds. The second-order valence-electron chi connectivity index (χ2n) is 8.59. The van der Waals surface area contributed by atoms with E-state index in [1.807, 2.05) is 18.2 Å². The molecule has 2 fully saturated rings. The first kappa shape index (κ1) is 22.4. The topological polar surface area (TPSA) is 92.7 Å². The van der Waals surface area contributed by atoms with Crippen LogP contribution in [0, 0.1) is 5.92 Å². The Morgan fingerprint density at radius 3 is 2.85 bits per heavy atom. The average molecular weight is 487 g/mol. The van der Waals surface area contributed by atoms with E-state index in [1.165, 1.54) is 15.6 Å². The lowest BCUT2D eigenvalue weighted by atomic mass is 9.91. The number of hydrogen-bond donors (Lipinski definition) is 0. The minimum Gasteiger partial charge on any atom is -0.384 e. The SMILES string of the molecule is COC[C@H]1CN(Cc2ccccn2)C(=O)[C@@H]2CCC[C@H]1N2S(=O)(=O)c1ccc2ncsc2c1. The first-order valence-electron chi connectivity index (χ1n) is 11.0. The summed E-state index contributed by atoms with van der Waals surface area (Å²) in [5.41, 5.74) is 3.25. The van der Waals surface area contributed by atoms with Crippen LogP contribution in [-0.4, -0.2) is 65.8 Å². The molecular formula is C23H26N4O4S2. The van der Waals surface area contributed by atoms with Gasteiger partial charge in [-0.15, -0.1) is 11.3 Å². The number of fused-ring (bicyclic) bond motifs is 3. The lowest BCUT2D eigenvalue weighted by molar-refractivity contribution is -0.135. The van der Waals surface area contributed by atoms with Crippen molar-refractivity contribution in [3.8, 4) is 0 Å². The van der Waals surface area contributed by atoms with Gasteiger partial charge in [0.2, 0.25) is 15.9 Å². The second kappa shape index (κ2) is 9.09. The highest BCUT2D eigenvalue weighted by Gasteiger charge is 2.50. The van der Waals surface area contributed by atoms with Crippen molar-refractivity contribution in [3.63, 3.8) is 0 Å². The molecule has 10 heteroatoms. The van der Waals surface area contributed by atoms with E-state index in [0.29, 0.717) is 32.5 Å². The van der Waals surface area contributed by atoms with E-state index in [-0.39, 0.29) is 22.8 Å². The highest BCUT2D eigenvalue weighted by atomic mass is 32.2. The molecule has 33 heavy (non-hydrogen) atoms. The smallest absolute Gasteiger partial charge is 0.244 e. The predicted molar refractivity (Wildman–Crippen MR) is 125 cm³/mol. The van der Waals surface area contributed by atoms with Gasteiger partial charge in [-0.25, -0.2) is 13.4 Å². The van der Waals surface area contributed by atoms with Crippen LogP contribution in [0.5, 0.6) is 0 Å². The van der Waals surface area contributed by atoms with Crippen LogP contribution in [0.4, 0.5) is 0 Å². The van der Waals surface area contributed by atoms with E-state index in [4.69, 9.17) is 4.74 Å². The zero-order valence-electron chi connectivity index (χ0n) is 18.3. The minimum atomic E-state index is -3.90. The van der Waals surface area contributed by atoms with Crippen LogP contribution >= 0.6 is 11.3 Å². The van der Waals surface area contributed by atoms with Crippen molar-refractivity contribution >= 4 is 37.5 Å². The van der Waals surface area contributed by atoms with Gasteiger partial charge in [0, 0.05) is 31.8 Å². The molecule has 2 aliphatic rings. The fourth-order valence-electron chi connectivity index (χ4n) is 5.06. The van der Waals surface area contributed by atoms with Gasteiger partial charge in [-0.05, 0) is 49.6 Å². The Morgan fingerprint density at radius 2 is 2.06 bits per heavy atom. The molecule has 0 unspecified atom stereocenters. The Hall–Kier alpha value is -2.40. The maximum absolute atomic E-state index is 14.0. The number of carbonyl (C=O) groups excluding carboxylic acids is 1. The highest BCUT2D eigenvalue weighted by molar-refractivity contribution is 7.89. The van der Waals surface area contributed by atoms with Gasteiger partial charge >= 0.3 is 0 Å². The van der Waals surface area contributed by atoms with E-state index in [2.05, 4.69) is 9.97 Å². The standard InChI is InChI=1S/C23H26N4O4S2/c1-31-14-16-12-26(13-17-5-2-3-10-24-17)23(28)21-7-4-6-20(16)27(21)33(29,30)18-8-9-19-22(11-18)32-15-25-19/h2-3,5,8-11,15-16,20-21H,4,6-7,12-14H2,1H3/t16-,20-,21+/m1/s1. The molecule has 174 valence electrons. The number of benzene rings is 1. The van der Waals surface area contributed by atoms with Gasteiger partial charge in [-0.1, -0.05) is 6.07 Å². The third kappa shape index (κ3) is 4.16. The van der Waals surface area contributed by atoms with Crippen LogP contribution in [0.15, 0.2) is 53.0 Å². The first-order chi connectivity index (χ1) is 16.0. The number of rotatable bonds is 6. The molecular weight excluding hydrogens is 460 g/mol. The average Bonchev–Trinajstić information content (AvgIpc) is 3.29. The number of sulfonamides is 1. The Bertz CT molecular complexity index is 1250. The largest absolute Gasteiger partial charge is 0.384 e. The molecule has 1 aromatic carbocycles.